The molecule has 1 fully saturated rings. The van der Waals surface area contributed by atoms with Gasteiger partial charge in [0.25, 0.3) is 5.91 Å². The molecule has 7 heteroatoms. The largest absolute Gasteiger partial charge is 0.418 e. The molecule has 1 atom stereocenters. The zero-order valence-corrected chi connectivity index (χ0v) is 11.6. The molecule has 0 spiro atoms. The maximum absolute atomic E-state index is 12.8. The summed E-state index contributed by atoms with van der Waals surface area (Å²) in [5.41, 5.74) is 3.97. The Balaban J connectivity index is 2.23. The van der Waals surface area contributed by atoms with Gasteiger partial charge in [-0.3, -0.25) is 4.79 Å². The summed E-state index contributed by atoms with van der Waals surface area (Å²) in [6.07, 6.45) is -3.89. The second kappa shape index (κ2) is 5.93. The number of anilines is 1. The minimum Gasteiger partial charge on any atom is -0.398 e. The number of carbonyl (C=O) groups excluding carboxylic acids is 1. The zero-order valence-electron chi connectivity index (χ0n) is 11.6. The minimum absolute atomic E-state index is 0.00622. The molecular weight excluding hydrogens is 285 g/mol. The first-order valence-corrected chi connectivity index (χ1v) is 6.70. The van der Waals surface area contributed by atoms with E-state index in [2.05, 4.69) is 0 Å². The lowest BCUT2D eigenvalue weighted by molar-refractivity contribution is -0.136. The number of nitrogens with two attached hydrogens (primary N) is 1. The fourth-order valence-electron chi connectivity index (χ4n) is 2.27. The highest BCUT2D eigenvalue weighted by molar-refractivity contribution is 5.95. The molecule has 1 heterocycles. The molecule has 1 unspecified atom stereocenters. The average Bonchev–Trinajstić information content (AvgIpc) is 2.46. The quantitative estimate of drug-likeness (QED) is 0.854. The molecule has 1 aromatic rings. The first-order chi connectivity index (χ1) is 9.82. The van der Waals surface area contributed by atoms with E-state index in [9.17, 15) is 18.0 Å². The summed E-state index contributed by atoms with van der Waals surface area (Å²) in [7, 11) is 0. The lowest BCUT2D eigenvalue weighted by Crippen LogP contribution is -2.45. The molecule has 1 amide bonds. The Morgan fingerprint density at radius 1 is 1.48 bits per heavy atom. The van der Waals surface area contributed by atoms with Crippen LogP contribution in [0.2, 0.25) is 0 Å². The Morgan fingerprint density at radius 3 is 2.81 bits per heavy atom. The molecule has 0 radical (unpaired) electrons. The molecule has 2 N–H and O–H groups in total. The molecule has 0 saturated carbocycles. The lowest BCUT2D eigenvalue weighted by atomic mass is 10.1. The number of ether oxygens (including phenoxy) is 1. The van der Waals surface area contributed by atoms with Gasteiger partial charge in [-0.25, -0.2) is 0 Å². The molecule has 1 aliphatic rings. The van der Waals surface area contributed by atoms with E-state index in [0.29, 0.717) is 19.7 Å². The van der Waals surface area contributed by atoms with E-state index in [0.717, 1.165) is 18.6 Å². The van der Waals surface area contributed by atoms with Gasteiger partial charge in [-0.15, -0.1) is 0 Å². The van der Waals surface area contributed by atoms with Crippen molar-refractivity contribution in [2.75, 3.05) is 25.4 Å². The monoisotopic (exact) mass is 302 g/mol. The van der Waals surface area contributed by atoms with Crippen molar-refractivity contribution in [1.82, 2.24) is 4.90 Å². The molecule has 1 aliphatic heterocycles. The number of alkyl halides is 3. The van der Waals surface area contributed by atoms with E-state index >= 15 is 0 Å². The number of morpholine rings is 1. The Bertz CT molecular complexity index is 531. The smallest absolute Gasteiger partial charge is 0.398 e. The number of halogens is 3. The van der Waals surface area contributed by atoms with Gasteiger partial charge in [-0.05, 0) is 24.6 Å². The van der Waals surface area contributed by atoms with Gasteiger partial charge in [-0.1, -0.05) is 6.92 Å². The highest BCUT2D eigenvalue weighted by Gasteiger charge is 2.34. The molecule has 2 rings (SSSR count). The first-order valence-electron chi connectivity index (χ1n) is 6.70. The Morgan fingerprint density at radius 2 is 2.19 bits per heavy atom. The highest BCUT2D eigenvalue weighted by atomic mass is 19.4. The van der Waals surface area contributed by atoms with Gasteiger partial charge in [0.05, 0.1) is 18.3 Å². The second-order valence-corrected chi connectivity index (χ2v) is 4.95. The predicted molar refractivity (Wildman–Crippen MR) is 71.8 cm³/mol. The predicted octanol–water partition coefficient (Wildman–Crippen LogP) is 2.54. The van der Waals surface area contributed by atoms with Gasteiger partial charge in [0.2, 0.25) is 0 Å². The molecule has 0 bridgehead atoms. The van der Waals surface area contributed by atoms with Crippen LogP contribution in [0.4, 0.5) is 18.9 Å². The van der Waals surface area contributed by atoms with E-state index in [-0.39, 0.29) is 17.4 Å². The van der Waals surface area contributed by atoms with Gasteiger partial charge in [0.1, 0.15) is 0 Å². The number of carbonyl (C=O) groups is 1. The molecular formula is C14H17F3N2O2. The summed E-state index contributed by atoms with van der Waals surface area (Å²) >= 11 is 0. The summed E-state index contributed by atoms with van der Waals surface area (Å²) in [6.45, 7) is 3.09. The molecule has 0 aliphatic carbocycles. The summed E-state index contributed by atoms with van der Waals surface area (Å²) in [5, 5.41) is 0. The summed E-state index contributed by atoms with van der Waals surface area (Å²) in [4.78, 5) is 13.8. The van der Waals surface area contributed by atoms with Crippen LogP contribution in [0, 0.1) is 0 Å². The van der Waals surface area contributed by atoms with Gasteiger partial charge < -0.3 is 15.4 Å². The van der Waals surface area contributed by atoms with Crippen molar-refractivity contribution < 1.29 is 22.7 Å². The van der Waals surface area contributed by atoms with Gasteiger partial charge in [0, 0.05) is 24.3 Å². The third-order valence-electron chi connectivity index (χ3n) is 3.49. The number of amides is 1. The van der Waals surface area contributed by atoms with E-state index in [4.69, 9.17) is 10.5 Å². The van der Waals surface area contributed by atoms with Crippen molar-refractivity contribution in [2.45, 2.75) is 25.6 Å². The van der Waals surface area contributed by atoms with Crippen LogP contribution in [0.1, 0.15) is 29.3 Å². The average molecular weight is 302 g/mol. The van der Waals surface area contributed by atoms with Crippen LogP contribution in [0.5, 0.6) is 0 Å². The number of nitrogen functional groups attached to an aromatic ring is 1. The SMILES string of the molecule is CCC1CN(C(=O)c2ccc(N)c(C(F)(F)F)c2)CCO1. The van der Waals surface area contributed by atoms with Crippen molar-refractivity contribution in [3.8, 4) is 0 Å². The van der Waals surface area contributed by atoms with Crippen LogP contribution in [-0.2, 0) is 10.9 Å². The topological polar surface area (TPSA) is 55.6 Å². The minimum atomic E-state index is -4.57. The molecule has 116 valence electrons. The third kappa shape index (κ3) is 3.47. The lowest BCUT2D eigenvalue weighted by Gasteiger charge is -2.32. The standard InChI is InChI=1S/C14H17F3N2O2/c1-2-10-8-19(5-6-21-10)13(20)9-3-4-12(18)11(7-9)14(15,16)17/h3-4,7,10H,2,5-6,8,18H2,1H3. The zero-order chi connectivity index (χ0) is 15.6. The van der Waals surface area contributed by atoms with Crippen molar-refractivity contribution in [2.24, 2.45) is 0 Å². The van der Waals surface area contributed by atoms with Crippen LogP contribution < -0.4 is 5.73 Å². The van der Waals surface area contributed by atoms with E-state index < -0.39 is 17.6 Å². The summed E-state index contributed by atoms with van der Waals surface area (Å²) < 4.78 is 43.9. The number of hydrogen-bond donors (Lipinski definition) is 1. The van der Waals surface area contributed by atoms with Crippen LogP contribution in [0.3, 0.4) is 0 Å². The first kappa shape index (κ1) is 15.6. The van der Waals surface area contributed by atoms with E-state index in [1.807, 2.05) is 6.92 Å². The molecule has 1 aromatic carbocycles. The Hall–Kier alpha value is -1.76. The highest BCUT2D eigenvalue weighted by Crippen LogP contribution is 2.34. The Kier molecular flexibility index (Phi) is 4.41. The maximum Gasteiger partial charge on any atom is 0.418 e. The summed E-state index contributed by atoms with van der Waals surface area (Å²) in [5.74, 6) is -0.428. The van der Waals surface area contributed by atoms with E-state index in [1.54, 1.807) is 0 Å². The molecule has 21 heavy (non-hydrogen) atoms. The van der Waals surface area contributed by atoms with Crippen molar-refractivity contribution in [3.63, 3.8) is 0 Å². The fraction of sp³-hybridized carbons (Fsp3) is 0.500. The van der Waals surface area contributed by atoms with Crippen LogP contribution in [0.25, 0.3) is 0 Å². The van der Waals surface area contributed by atoms with Crippen LogP contribution >= 0.6 is 0 Å². The Labute approximate surface area is 120 Å². The molecule has 1 saturated heterocycles. The third-order valence-corrected chi connectivity index (χ3v) is 3.49. The maximum atomic E-state index is 12.8. The molecule has 0 aromatic heterocycles. The van der Waals surface area contributed by atoms with Crippen molar-refractivity contribution in [3.05, 3.63) is 29.3 Å². The van der Waals surface area contributed by atoms with Crippen molar-refractivity contribution in [1.29, 1.82) is 0 Å². The second-order valence-electron chi connectivity index (χ2n) is 4.95. The van der Waals surface area contributed by atoms with Crippen molar-refractivity contribution >= 4 is 11.6 Å². The number of nitrogens with zero attached hydrogens (tertiary/aromatic N) is 1. The summed E-state index contributed by atoms with van der Waals surface area (Å²) in [6, 6.07) is 3.26. The number of rotatable bonds is 2. The van der Waals surface area contributed by atoms with Crippen LogP contribution in [0.15, 0.2) is 18.2 Å². The van der Waals surface area contributed by atoms with Gasteiger partial charge >= 0.3 is 6.18 Å². The number of hydrogen-bond acceptors (Lipinski definition) is 3. The van der Waals surface area contributed by atoms with Crippen LogP contribution in [-0.4, -0.2) is 36.6 Å². The van der Waals surface area contributed by atoms with Gasteiger partial charge in [0.15, 0.2) is 0 Å². The van der Waals surface area contributed by atoms with Gasteiger partial charge in [-0.2, -0.15) is 13.2 Å². The normalized spacial score (nSPS) is 19.6. The molecule has 4 nitrogen and oxygen atoms in total. The number of benzene rings is 1. The van der Waals surface area contributed by atoms with E-state index in [1.165, 1.54) is 11.0 Å². The fourth-order valence-corrected chi connectivity index (χ4v) is 2.27.